The summed E-state index contributed by atoms with van der Waals surface area (Å²) in [4.78, 5) is 49.2. The molecule has 230 valence electrons. The molecule has 0 bridgehead atoms. The summed E-state index contributed by atoms with van der Waals surface area (Å²) in [6, 6.07) is 5.24. The molecule has 0 radical (unpaired) electrons. The van der Waals surface area contributed by atoms with E-state index in [1.54, 1.807) is 16.8 Å². The molecule has 1 atom stereocenters. The lowest BCUT2D eigenvalue weighted by atomic mass is 9.75. The van der Waals surface area contributed by atoms with E-state index in [4.69, 9.17) is 15.2 Å². The van der Waals surface area contributed by atoms with Crippen LogP contribution in [0.15, 0.2) is 18.2 Å². The van der Waals surface area contributed by atoms with Gasteiger partial charge in [0, 0.05) is 37.9 Å². The number of nitrogens with zero attached hydrogens (tertiary/aromatic N) is 3. The van der Waals surface area contributed by atoms with E-state index in [1.807, 2.05) is 34.1 Å². The third-order valence-electron chi connectivity index (χ3n) is 7.46. The Labute approximate surface area is 253 Å². The average molecular weight is 604 g/mol. The molecular weight excluding hydrogens is 562 g/mol. The van der Waals surface area contributed by atoms with E-state index >= 15 is 0 Å². The van der Waals surface area contributed by atoms with Gasteiger partial charge in [0.05, 0.1) is 55.8 Å². The Hall–Kier alpha value is -3.44. The van der Waals surface area contributed by atoms with Gasteiger partial charge in [-0.25, -0.2) is 4.68 Å². The quantitative estimate of drug-likeness (QED) is 0.284. The van der Waals surface area contributed by atoms with Gasteiger partial charge < -0.3 is 37.4 Å². The van der Waals surface area contributed by atoms with Crippen molar-refractivity contribution in [2.75, 3.05) is 33.0 Å². The molecule has 2 aliphatic carbocycles. The van der Waals surface area contributed by atoms with Crippen molar-refractivity contribution in [1.82, 2.24) is 9.78 Å². The van der Waals surface area contributed by atoms with Crippen molar-refractivity contribution in [2.24, 2.45) is 11.1 Å². The first-order valence-corrected chi connectivity index (χ1v) is 14.0. The number of Topliss-reactive ketones (excluding diaryl/α,β-unsaturated/α-hetero) is 1. The number of rotatable bonds is 10. The lowest BCUT2D eigenvalue weighted by molar-refractivity contribution is -0.873. The molecule has 1 fully saturated rings. The minimum absolute atomic E-state index is 0. The molecule has 1 unspecified atom stereocenters. The number of anilines is 1. The number of aryl methyl sites for hydroxylation is 1. The lowest BCUT2D eigenvalue weighted by Crippen LogP contribution is -3.00. The second-order valence-electron chi connectivity index (χ2n) is 13.2. The molecule has 1 amide bonds. The number of fused-ring (bicyclic) bond motifs is 1. The van der Waals surface area contributed by atoms with E-state index in [9.17, 15) is 19.2 Å². The summed E-state index contributed by atoms with van der Waals surface area (Å²) in [5.74, 6) is -1.31. The van der Waals surface area contributed by atoms with Gasteiger partial charge >= 0.3 is 11.9 Å². The van der Waals surface area contributed by atoms with Gasteiger partial charge in [-0.15, -0.1) is 0 Å². The number of hydrogen-bond acceptors (Lipinski definition) is 8. The second-order valence-corrected chi connectivity index (χ2v) is 13.2. The Balaban J connectivity index is 0.00000484. The number of primary amides is 1. The monoisotopic (exact) mass is 603 g/mol. The minimum atomic E-state index is -0.565. The van der Waals surface area contributed by atoms with Crippen LogP contribution in [-0.2, 0) is 25.5 Å². The van der Waals surface area contributed by atoms with Gasteiger partial charge in [0.1, 0.15) is 12.6 Å². The number of amides is 1. The summed E-state index contributed by atoms with van der Waals surface area (Å²) in [7, 11) is 5.88. The van der Waals surface area contributed by atoms with Gasteiger partial charge in [-0.05, 0) is 37.0 Å². The smallest absolute Gasteiger partial charge is 0.310 e. The van der Waals surface area contributed by atoms with Crippen molar-refractivity contribution in [3.63, 3.8) is 0 Å². The second kappa shape index (κ2) is 12.4. The molecule has 0 spiro atoms. The lowest BCUT2D eigenvalue weighted by Gasteiger charge is -2.36. The van der Waals surface area contributed by atoms with Crippen LogP contribution >= 0.6 is 0 Å². The number of halogens is 1. The first-order valence-electron chi connectivity index (χ1n) is 14.0. The van der Waals surface area contributed by atoms with E-state index < -0.39 is 23.9 Å². The van der Waals surface area contributed by atoms with E-state index in [2.05, 4.69) is 24.3 Å². The number of benzene rings is 1. The fourth-order valence-electron chi connectivity index (χ4n) is 5.76. The van der Waals surface area contributed by atoms with Crippen LogP contribution in [0.4, 0.5) is 5.69 Å². The number of nitrogens with one attached hydrogen (secondary N) is 1. The summed E-state index contributed by atoms with van der Waals surface area (Å²) in [6.45, 7) is 7.80. The highest BCUT2D eigenvalue weighted by Crippen LogP contribution is 2.37. The van der Waals surface area contributed by atoms with Crippen LogP contribution in [0.1, 0.15) is 78.6 Å². The molecule has 2 aliphatic rings. The normalized spacial score (nSPS) is 19.9. The summed E-state index contributed by atoms with van der Waals surface area (Å²) >= 11 is 0. The van der Waals surface area contributed by atoms with E-state index in [0.29, 0.717) is 59.2 Å². The number of aromatic nitrogens is 2. The largest absolute Gasteiger partial charge is 1.00 e. The molecule has 1 aromatic carbocycles. The fraction of sp³-hybridized carbons (Fsp3) is 0.567. The van der Waals surface area contributed by atoms with Gasteiger partial charge in [-0.2, -0.15) is 5.10 Å². The molecule has 2 aromatic rings. The Morgan fingerprint density at radius 3 is 2.45 bits per heavy atom. The van der Waals surface area contributed by atoms with Crippen molar-refractivity contribution in [3.05, 3.63) is 40.7 Å². The number of carbonyl (C=O) groups excluding carboxylic acids is 4. The molecule has 0 saturated heterocycles. The van der Waals surface area contributed by atoms with Crippen LogP contribution in [0.25, 0.3) is 5.69 Å². The Kier molecular flexibility index (Phi) is 9.78. The number of carbonyl (C=O) groups is 4. The molecule has 42 heavy (non-hydrogen) atoms. The van der Waals surface area contributed by atoms with E-state index in [1.165, 1.54) is 6.92 Å². The van der Waals surface area contributed by atoms with E-state index in [-0.39, 0.29) is 42.2 Å². The Bertz CT molecular complexity index is 1370. The maximum absolute atomic E-state index is 12.9. The number of nitrogens with two attached hydrogens (primary N) is 1. The molecular formula is C30H42ClN5O6. The Morgan fingerprint density at radius 2 is 1.86 bits per heavy atom. The number of hydrogen-bond donors (Lipinski definition) is 2. The van der Waals surface area contributed by atoms with Crippen LogP contribution in [0.3, 0.4) is 0 Å². The topological polar surface area (TPSA) is 143 Å². The molecule has 4 rings (SSSR count). The van der Waals surface area contributed by atoms with Gasteiger partial charge in [0.15, 0.2) is 11.9 Å². The van der Waals surface area contributed by atoms with Gasteiger partial charge in [-0.3, -0.25) is 19.2 Å². The molecule has 1 aromatic heterocycles. The molecule has 3 N–H and O–H groups in total. The van der Waals surface area contributed by atoms with Crippen LogP contribution in [0, 0.1) is 12.3 Å². The zero-order chi connectivity index (χ0) is 30.3. The van der Waals surface area contributed by atoms with Crippen molar-refractivity contribution < 1.29 is 45.5 Å². The highest BCUT2D eigenvalue weighted by atomic mass is 35.5. The highest BCUT2D eigenvalue weighted by Gasteiger charge is 2.37. The highest BCUT2D eigenvalue weighted by molar-refractivity contribution is 6.00. The molecule has 1 heterocycles. The van der Waals surface area contributed by atoms with Crippen LogP contribution in [0.5, 0.6) is 0 Å². The van der Waals surface area contributed by atoms with Crippen molar-refractivity contribution in [2.45, 2.75) is 78.0 Å². The predicted octanol–water partition coefficient (Wildman–Crippen LogP) is -0.0472. The summed E-state index contributed by atoms with van der Waals surface area (Å²) in [5, 5.41) is 8.06. The SMILES string of the molecule is CC(=O)OC(CC(=O)OC1CC(Nc2cc(-n3nc(C)c4c3CC(C)(C)CC4=O)ccc2C(N)=O)C1)C[N+](C)(C)C.[Cl-]. The summed E-state index contributed by atoms with van der Waals surface area (Å²) < 4.78 is 13.3. The fourth-order valence-corrected chi connectivity index (χ4v) is 5.76. The standard InChI is InChI=1S/C30H41N5O6.ClH/c1-17-28-25(14-30(3,4)15-26(28)37)34(33-17)20-8-9-23(29(31)39)24(12-20)32-19-10-21(11-19)41-27(38)13-22(40-18(2)36)16-35(5,6)7;/h8-9,12,19,21-22H,10-11,13-16H2,1-7H3,(H2-,31,32,39);1H. The summed E-state index contributed by atoms with van der Waals surface area (Å²) in [5.41, 5.74) is 9.36. The number of ether oxygens (including phenoxy) is 2. The first kappa shape index (κ1) is 33.1. The maximum atomic E-state index is 12.9. The number of esters is 2. The van der Waals surface area contributed by atoms with Crippen LogP contribution < -0.4 is 23.5 Å². The van der Waals surface area contributed by atoms with Gasteiger partial charge in [-0.1, -0.05) is 13.8 Å². The molecule has 1 saturated carbocycles. The van der Waals surface area contributed by atoms with Gasteiger partial charge in [0.25, 0.3) is 5.91 Å². The number of quaternary nitrogens is 1. The summed E-state index contributed by atoms with van der Waals surface area (Å²) in [6.07, 6.45) is 1.45. The van der Waals surface area contributed by atoms with Crippen LogP contribution in [0.2, 0.25) is 0 Å². The molecule has 0 aliphatic heterocycles. The zero-order valence-electron chi connectivity index (χ0n) is 25.5. The zero-order valence-corrected chi connectivity index (χ0v) is 26.2. The minimum Gasteiger partial charge on any atom is -1.00 e. The third-order valence-corrected chi connectivity index (χ3v) is 7.46. The van der Waals surface area contributed by atoms with E-state index in [0.717, 1.165) is 11.4 Å². The van der Waals surface area contributed by atoms with Crippen molar-refractivity contribution in [3.8, 4) is 5.69 Å². The van der Waals surface area contributed by atoms with Crippen molar-refractivity contribution >= 4 is 29.3 Å². The first-order chi connectivity index (χ1) is 19.0. The average Bonchev–Trinajstić information content (AvgIpc) is 3.10. The Morgan fingerprint density at radius 1 is 1.19 bits per heavy atom. The van der Waals surface area contributed by atoms with Crippen molar-refractivity contribution in [1.29, 1.82) is 0 Å². The van der Waals surface area contributed by atoms with Gasteiger partial charge in [0.2, 0.25) is 0 Å². The number of ketones is 1. The maximum Gasteiger partial charge on any atom is 0.310 e. The third kappa shape index (κ3) is 7.89. The van der Waals surface area contributed by atoms with Crippen LogP contribution in [-0.4, -0.2) is 83.8 Å². The predicted molar refractivity (Wildman–Crippen MR) is 153 cm³/mol. The molecule has 12 heteroatoms. The number of likely N-dealkylation sites (N-methyl/N-ethyl adjacent to an activating group) is 1. The molecule has 11 nitrogen and oxygen atoms in total.